The maximum Gasteiger partial charge on any atom is 0.133 e. The van der Waals surface area contributed by atoms with E-state index in [1.165, 1.54) is 16.8 Å². The second-order valence-corrected chi connectivity index (χ2v) is 4.09. The third kappa shape index (κ3) is 1.61. The second kappa shape index (κ2) is 4.06. The molecule has 0 N–H and O–H groups in total. The molecule has 0 saturated carbocycles. The molecule has 80 valence electrons. The van der Waals surface area contributed by atoms with Crippen molar-refractivity contribution in [3.05, 3.63) is 40.2 Å². The van der Waals surface area contributed by atoms with E-state index in [4.69, 9.17) is 5.26 Å². The minimum Gasteiger partial charge on any atom is -0.267 e. The number of nitriles is 1. The summed E-state index contributed by atoms with van der Waals surface area (Å²) in [5, 5.41) is 13.0. The fourth-order valence-electron chi connectivity index (χ4n) is 1.55. The Labute approximate surface area is 100 Å². The van der Waals surface area contributed by atoms with Crippen LogP contribution < -0.4 is 0 Å². The summed E-state index contributed by atoms with van der Waals surface area (Å²) in [7, 11) is 1.70. The molecule has 5 heteroatoms. The van der Waals surface area contributed by atoms with Crippen molar-refractivity contribution in [2.24, 2.45) is 7.05 Å². The van der Waals surface area contributed by atoms with Crippen molar-refractivity contribution >= 4 is 15.9 Å². The zero-order valence-corrected chi connectivity index (χ0v) is 9.99. The molecular weight excluding hydrogens is 273 g/mol. The highest BCUT2D eigenvalue weighted by molar-refractivity contribution is 9.10. The molecule has 0 bridgehead atoms. The van der Waals surface area contributed by atoms with Crippen LogP contribution in [0.5, 0.6) is 0 Å². The quantitative estimate of drug-likeness (QED) is 0.806. The van der Waals surface area contributed by atoms with Gasteiger partial charge in [0.25, 0.3) is 0 Å². The summed E-state index contributed by atoms with van der Waals surface area (Å²) in [6.07, 6.45) is 1.57. The van der Waals surface area contributed by atoms with Crippen LogP contribution in [0.3, 0.4) is 0 Å². The number of halogens is 2. The van der Waals surface area contributed by atoms with Crippen molar-refractivity contribution in [3.63, 3.8) is 0 Å². The smallest absolute Gasteiger partial charge is 0.133 e. The lowest BCUT2D eigenvalue weighted by atomic mass is 10.0. The van der Waals surface area contributed by atoms with Gasteiger partial charge in [-0.1, -0.05) is 6.07 Å². The first-order valence-corrected chi connectivity index (χ1v) is 5.31. The van der Waals surface area contributed by atoms with Gasteiger partial charge in [0.15, 0.2) is 0 Å². The standard InChI is InChI=1S/C11H7BrFN3/c1-16-11(8(12)6-15-16)10-7(5-14)3-2-4-9(10)13/h2-4,6H,1H3. The van der Waals surface area contributed by atoms with Gasteiger partial charge < -0.3 is 0 Å². The first kappa shape index (κ1) is 10.8. The zero-order valence-electron chi connectivity index (χ0n) is 8.41. The molecule has 0 atom stereocenters. The van der Waals surface area contributed by atoms with Crippen molar-refractivity contribution in [1.82, 2.24) is 9.78 Å². The molecular formula is C11H7BrFN3. The molecule has 2 aromatic rings. The third-order valence-electron chi connectivity index (χ3n) is 2.26. The van der Waals surface area contributed by atoms with Gasteiger partial charge in [0, 0.05) is 7.05 Å². The van der Waals surface area contributed by atoms with E-state index in [-0.39, 0.29) is 5.56 Å². The molecule has 3 nitrogen and oxygen atoms in total. The summed E-state index contributed by atoms with van der Waals surface area (Å²) >= 11 is 3.29. The summed E-state index contributed by atoms with van der Waals surface area (Å²) in [4.78, 5) is 0. The molecule has 2 rings (SSSR count). The van der Waals surface area contributed by atoms with Gasteiger partial charge in [-0.2, -0.15) is 10.4 Å². The van der Waals surface area contributed by atoms with Crippen LogP contribution in [-0.2, 0) is 7.05 Å². The summed E-state index contributed by atoms with van der Waals surface area (Å²) in [5.41, 5.74) is 1.14. The van der Waals surface area contributed by atoms with E-state index in [0.29, 0.717) is 15.7 Å². The summed E-state index contributed by atoms with van der Waals surface area (Å²) in [6, 6.07) is 6.40. The fraction of sp³-hybridized carbons (Fsp3) is 0.0909. The average Bonchev–Trinajstić information content (AvgIpc) is 2.59. The molecule has 1 aromatic heterocycles. The predicted molar refractivity (Wildman–Crippen MR) is 61.0 cm³/mol. The van der Waals surface area contributed by atoms with E-state index in [9.17, 15) is 4.39 Å². The normalized spacial score (nSPS) is 10.1. The maximum absolute atomic E-state index is 13.7. The minimum atomic E-state index is -0.427. The maximum atomic E-state index is 13.7. The topological polar surface area (TPSA) is 41.6 Å². The Bertz CT molecular complexity index is 564. The van der Waals surface area contributed by atoms with Crippen molar-refractivity contribution in [3.8, 4) is 17.3 Å². The number of nitrogens with zero attached hydrogens (tertiary/aromatic N) is 3. The van der Waals surface area contributed by atoms with Crippen molar-refractivity contribution in [1.29, 1.82) is 5.26 Å². The number of rotatable bonds is 1. The molecule has 16 heavy (non-hydrogen) atoms. The highest BCUT2D eigenvalue weighted by atomic mass is 79.9. The number of aryl methyl sites for hydroxylation is 1. The van der Waals surface area contributed by atoms with Gasteiger partial charge in [-0.3, -0.25) is 4.68 Å². The van der Waals surface area contributed by atoms with Crippen LogP contribution in [0.4, 0.5) is 4.39 Å². The molecule has 0 saturated heterocycles. The van der Waals surface area contributed by atoms with Gasteiger partial charge in [0.1, 0.15) is 5.82 Å². The molecule has 0 spiro atoms. The van der Waals surface area contributed by atoms with Gasteiger partial charge in [-0.15, -0.1) is 0 Å². The van der Waals surface area contributed by atoms with E-state index >= 15 is 0 Å². The second-order valence-electron chi connectivity index (χ2n) is 3.24. The molecule has 0 fully saturated rings. The molecule has 0 radical (unpaired) electrons. The molecule has 0 aliphatic heterocycles. The molecule has 0 amide bonds. The average molecular weight is 280 g/mol. The third-order valence-corrected chi connectivity index (χ3v) is 2.85. The van der Waals surface area contributed by atoms with E-state index < -0.39 is 5.82 Å². The van der Waals surface area contributed by atoms with Crippen LogP contribution in [0.25, 0.3) is 11.3 Å². The van der Waals surface area contributed by atoms with Gasteiger partial charge in [0.2, 0.25) is 0 Å². The van der Waals surface area contributed by atoms with Crippen LogP contribution in [0.15, 0.2) is 28.9 Å². The Hall–Kier alpha value is -1.67. The minimum absolute atomic E-state index is 0.275. The van der Waals surface area contributed by atoms with Gasteiger partial charge in [-0.05, 0) is 28.1 Å². The Kier molecular flexibility index (Phi) is 2.75. The van der Waals surface area contributed by atoms with E-state index in [1.807, 2.05) is 6.07 Å². The highest BCUT2D eigenvalue weighted by Crippen LogP contribution is 2.31. The van der Waals surface area contributed by atoms with Crippen LogP contribution in [0, 0.1) is 17.1 Å². The van der Waals surface area contributed by atoms with Gasteiger partial charge in [-0.25, -0.2) is 4.39 Å². The van der Waals surface area contributed by atoms with Crippen LogP contribution >= 0.6 is 15.9 Å². The number of aromatic nitrogens is 2. The highest BCUT2D eigenvalue weighted by Gasteiger charge is 2.17. The molecule has 0 unspecified atom stereocenters. The van der Waals surface area contributed by atoms with Gasteiger partial charge >= 0.3 is 0 Å². The van der Waals surface area contributed by atoms with Crippen molar-refractivity contribution < 1.29 is 4.39 Å². The lowest BCUT2D eigenvalue weighted by Gasteiger charge is -2.06. The van der Waals surface area contributed by atoms with E-state index in [1.54, 1.807) is 19.3 Å². The Morgan fingerprint density at radius 2 is 2.25 bits per heavy atom. The summed E-state index contributed by atoms with van der Waals surface area (Å²) in [6.45, 7) is 0. The lowest BCUT2D eigenvalue weighted by molar-refractivity contribution is 0.627. The van der Waals surface area contributed by atoms with Crippen LogP contribution in [0.1, 0.15) is 5.56 Å². The van der Waals surface area contributed by atoms with Crippen LogP contribution in [0.2, 0.25) is 0 Å². The first-order valence-electron chi connectivity index (χ1n) is 4.51. The first-order chi connectivity index (χ1) is 7.65. The van der Waals surface area contributed by atoms with E-state index in [2.05, 4.69) is 21.0 Å². The number of hydrogen-bond donors (Lipinski definition) is 0. The largest absolute Gasteiger partial charge is 0.267 e. The summed E-state index contributed by atoms with van der Waals surface area (Å²) < 4.78 is 15.9. The molecule has 1 heterocycles. The molecule has 0 aliphatic carbocycles. The monoisotopic (exact) mass is 279 g/mol. The predicted octanol–water partition coefficient (Wildman–Crippen LogP) is 2.86. The Morgan fingerprint density at radius 3 is 2.81 bits per heavy atom. The zero-order chi connectivity index (χ0) is 11.7. The Balaban J connectivity index is 2.79. The molecule has 1 aromatic carbocycles. The molecule has 0 aliphatic rings. The lowest BCUT2D eigenvalue weighted by Crippen LogP contribution is -1.98. The number of benzene rings is 1. The fourth-order valence-corrected chi connectivity index (χ4v) is 2.10. The summed E-state index contributed by atoms with van der Waals surface area (Å²) in [5.74, 6) is -0.427. The Morgan fingerprint density at radius 1 is 1.50 bits per heavy atom. The van der Waals surface area contributed by atoms with Crippen molar-refractivity contribution in [2.45, 2.75) is 0 Å². The SMILES string of the molecule is Cn1ncc(Br)c1-c1c(F)cccc1C#N. The van der Waals surface area contributed by atoms with E-state index in [0.717, 1.165) is 0 Å². The van der Waals surface area contributed by atoms with Crippen molar-refractivity contribution in [2.75, 3.05) is 0 Å². The van der Waals surface area contributed by atoms with Crippen LogP contribution in [-0.4, -0.2) is 9.78 Å². The van der Waals surface area contributed by atoms with Gasteiger partial charge in [0.05, 0.1) is 33.6 Å². The number of hydrogen-bond acceptors (Lipinski definition) is 2.